The minimum atomic E-state index is -0.889. The lowest BCUT2D eigenvalue weighted by Gasteiger charge is -2.08. The fourth-order valence-electron chi connectivity index (χ4n) is 1.07. The number of methoxy groups -OCH3 is 1. The normalized spacial score (nSPS) is 9.69. The average Bonchev–Trinajstić information content (AvgIpc) is 2.08. The van der Waals surface area contributed by atoms with E-state index < -0.39 is 5.97 Å². The number of rotatable bonds is 3. The number of aliphatic carboxylic acids is 1. The maximum Gasteiger partial charge on any atom is 0.308 e. The van der Waals surface area contributed by atoms with Crippen molar-refractivity contribution in [3.8, 4) is 5.75 Å². The Kier molecular flexibility index (Phi) is 3.19. The molecule has 0 fully saturated rings. The van der Waals surface area contributed by atoms with Crippen molar-refractivity contribution in [2.24, 2.45) is 0 Å². The molecule has 0 saturated carbocycles. The zero-order valence-corrected chi connectivity index (χ0v) is 8.04. The van der Waals surface area contributed by atoms with E-state index in [1.54, 1.807) is 18.2 Å². The Morgan fingerprint density at radius 3 is 2.85 bits per heavy atom. The highest BCUT2D eigenvalue weighted by atomic mass is 32.1. The number of hydrogen-bond acceptors (Lipinski definition) is 3. The van der Waals surface area contributed by atoms with Crippen molar-refractivity contribution in [1.82, 2.24) is 0 Å². The predicted molar refractivity (Wildman–Crippen MR) is 51.6 cm³/mol. The number of carboxylic acids is 1. The second kappa shape index (κ2) is 4.18. The third-order valence-corrected chi connectivity index (χ3v) is 2.08. The van der Waals surface area contributed by atoms with Crippen molar-refractivity contribution >= 4 is 18.6 Å². The van der Waals surface area contributed by atoms with Gasteiger partial charge in [-0.1, -0.05) is 6.07 Å². The molecule has 0 atom stereocenters. The minimum Gasteiger partial charge on any atom is -0.496 e. The molecule has 0 aliphatic rings. The van der Waals surface area contributed by atoms with Gasteiger partial charge < -0.3 is 9.84 Å². The van der Waals surface area contributed by atoms with Crippen LogP contribution in [-0.4, -0.2) is 18.2 Å². The number of carbonyl (C=O) groups is 1. The number of benzene rings is 1. The molecule has 4 heteroatoms. The van der Waals surface area contributed by atoms with Crippen LogP contribution in [0.15, 0.2) is 23.1 Å². The Bertz CT molecular complexity index is 323. The van der Waals surface area contributed by atoms with Gasteiger partial charge in [0.2, 0.25) is 0 Å². The van der Waals surface area contributed by atoms with Crippen LogP contribution in [0.3, 0.4) is 0 Å². The molecule has 0 spiro atoms. The summed E-state index contributed by atoms with van der Waals surface area (Å²) in [5.74, 6) is -0.324. The van der Waals surface area contributed by atoms with Crippen LogP contribution in [0.25, 0.3) is 0 Å². The first-order valence-corrected chi connectivity index (χ1v) is 4.16. The molecule has 0 saturated heterocycles. The van der Waals surface area contributed by atoms with Crippen molar-refractivity contribution in [3.05, 3.63) is 23.8 Å². The van der Waals surface area contributed by atoms with E-state index in [2.05, 4.69) is 12.6 Å². The van der Waals surface area contributed by atoms with Crippen LogP contribution in [0.2, 0.25) is 0 Å². The summed E-state index contributed by atoms with van der Waals surface area (Å²) in [5, 5.41) is 8.62. The summed E-state index contributed by atoms with van der Waals surface area (Å²) in [4.78, 5) is 11.1. The van der Waals surface area contributed by atoms with Gasteiger partial charge in [0.15, 0.2) is 0 Å². The summed E-state index contributed by atoms with van der Waals surface area (Å²) < 4.78 is 5.01. The molecule has 70 valence electrons. The van der Waals surface area contributed by atoms with E-state index in [9.17, 15) is 4.79 Å². The minimum absolute atomic E-state index is 0.0666. The highest BCUT2D eigenvalue weighted by Crippen LogP contribution is 2.25. The summed E-state index contributed by atoms with van der Waals surface area (Å²) in [6.07, 6.45) is -0.0666. The van der Waals surface area contributed by atoms with E-state index in [1.807, 2.05) is 0 Å². The van der Waals surface area contributed by atoms with Crippen LogP contribution in [0.5, 0.6) is 5.75 Å². The molecule has 1 N–H and O–H groups in total. The monoisotopic (exact) mass is 198 g/mol. The van der Waals surface area contributed by atoms with Crippen LogP contribution < -0.4 is 4.74 Å². The number of thiol groups is 1. The van der Waals surface area contributed by atoms with E-state index in [0.29, 0.717) is 16.2 Å². The number of carboxylic acid groups (broad SMARTS) is 1. The van der Waals surface area contributed by atoms with Crippen molar-refractivity contribution < 1.29 is 14.6 Å². The van der Waals surface area contributed by atoms with Gasteiger partial charge in [0.1, 0.15) is 5.75 Å². The second-order valence-corrected chi connectivity index (χ2v) is 3.01. The van der Waals surface area contributed by atoms with Crippen LogP contribution in [0, 0.1) is 0 Å². The fraction of sp³-hybridized carbons (Fsp3) is 0.222. The molecule has 13 heavy (non-hydrogen) atoms. The molecule has 0 bridgehead atoms. The lowest BCUT2D eigenvalue weighted by Crippen LogP contribution is -2.03. The van der Waals surface area contributed by atoms with Gasteiger partial charge in [-0.3, -0.25) is 4.79 Å². The first-order chi connectivity index (χ1) is 6.15. The molecule has 0 aromatic heterocycles. The van der Waals surface area contributed by atoms with E-state index in [4.69, 9.17) is 9.84 Å². The maximum absolute atomic E-state index is 10.5. The third-order valence-electron chi connectivity index (χ3n) is 1.66. The molecule has 1 aromatic carbocycles. The predicted octanol–water partition coefficient (Wildman–Crippen LogP) is 1.61. The summed E-state index contributed by atoms with van der Waals surface area (Å²) in [6, 6.07) is 5.23. The molecule has 1 rings (SSSR count). The largest absolute Gasteiger partial charge is 0.496 e. The standard InChI is InChI=1S/C9H10O3S/c1-12-7-3-2-4-8(13)6(7)5-9(10)11/h2-4,13H,5H2,1H3,(H,10,11). The summed E-state index contributed by atoms with van der Waals surface area (Å²) in [6.45, 7) is 0. The lowest BCUT2D eigenvalue weighted by molar-refractivity contribution is -0.136. The second-order valence-electron chi connectivity index (χ2n) is 2.53. The smallest absolute Gasteiger partial charge is 0.308 e. The van der Waals surface area contributed by atoms with Gasteiger partial charge in [0.05, 0.1) is 13.5 Å². The Morgan fingerprint density at radius 1 is 1.62 bits per heavy atom. The quantitative estimate of drug-likeness (QED) is 0.725. The van der Waals surface area contributed by atoms with Crippen molar-refractivity contribution in [3.63, 3.8) is 0 Å². The topological polar surface area (TPSA) is 46.5 Å². The van der Waals surface area contributed by atoms with Gasteiger partial charge in [-0.2, -0.15) is 0 Å². The highest BCUT2D eigenvalue weighted by molar-refractivity contribution is 7.80. The molecular formula is C9H10O3S. The molecule has 3 nitrogen and oxygen atoms in total. The molecular weight excluding hydrogens is 188 g/mol. The Balaban J connectivity index is 3.07. The Morgan fingerprint density at radius 2 is 2.31 bits per heavy atom. The Hall–Kier alpha value is -1.16. The Labute approximate surface area is 81.8 Å². The summed E-state index contributed by atoms with van der Waals surface area (Å²) in [7, 11) is 1.51. The molecule has 0 unspecified atom stereocenters. The van der Waals surface area contributed by atoms with Gasteiger partial charge >= 0.3 is 5.97 Å². The zero-order chi connectivity index (χ0) is 9.84. The van der Waals surface area contributed by atoms with Gasteiger partial charge in [-0.05, 0) is 12.1 Å². The average molecular weight is 198 g/mol. The maximum atomic E-state index is 10.5. The molecule has 0 heterocycles. The summed E-state index contributed by atoms with van der Waals surface area (Å²) >= 11 is 4.15. The van der Waals surface area contributed by atoms with E-state index in [0.717, 1.165) is 0 Å². The van der Waals surface area contributed by atoms with Crippen molar-refractivity contribution in [1.29, 1.82) is 0 Å². The van der Waals surface area contributed by atoms with E-state index in [-0.39, 0.29) is 6.42 Å². The van der Waals surface area contributed by atoms with Gasteiger partial charge in [0.25, 0.3) is 0 Å². The molecule has 0 aliphatic carbocycles. The van der Waals surface area contributed by atoms with Gasteiger partial charge in [-0.15, -0.1) is 12.6 Å². The van der Waals surface area contributed by atoms with Crippen LogP contribution >= 0.6 is 12.6 Å². The van der Waals surface area contributed by atoms with Gasteiger partial charge in [-0.25, -0.2) is 0 Å². The van der Waals surface area contributed by atoms with Crippen molar-refractivity contribution in [2.75, 3.05) is 7.11 Å². The first-order valence-electron chi connectivity index (χ1n) is 3.71. The lowest BCUT2D eigenvalue weighted by atomic mass is 10.1. The van der Waals surface area contributed by atoms with E-state index >= 15 is 0 Å². The van der Waals surface area contributed by atoms with Crippen LogP contribution in [0.4, 0.5) is 0 Å². The molecule has 0 radical (unpaired) electrons. The summed E-state index contributed by atoms with van der Waals surface area (Å²) in [5.41, 5.74) is 0.612. The molecule has 0 amide bonds. The number of ether oxygens (including phenoxy) is 1. The zero-order valence-electron chi connectivity index (χ0n) is 7.15. The van der Waals surface area contributed by atoms with Gasteiger partial charge in [0, 0.05) is 10.5 Å². The van der Waals surface area contributed by atoms with Crippen molar-refractivity contribution in [2.45, 2.75) is 11.3 Å². The molecule has 1 aromatic rings. The first kappa shape index (κ1) is 9.92. The van der Waals surface area contributed by atoms with Crippen LogP contribution in [-0.2, 0) is 11.2 Å². The third kappa shape index (κ3) is 2.39. The SMILES string of the molecule is COc1cccc(S)c1CC(=O)O. The van der Waals surface area contributed by atoms with E-state index in [1.165, 1.54) is 7.11 Å². The number of hydrogen-bond donors (Lipinski definition) is 2. The molecule has 0 aliphatic heterocycles. The highest BCUT2D eigenvalue weighted by Gasteiger charge is 2.09. The van der Waals surface area contributed by atoms with Crippen LogP contribution in [0.1, 0.15) is 5.56 Å². The fourth-order valence-corrected chi connectivity index (χ4v) is 1.35.